The number of carbonyl (C=O) groups is 1. The Labute approximate surface area is 183 Å². The van der Waals surface area contributed by atoms with Gasteiger partial charge in [0.2, 0.25) is 10.0 Å². The number of sulfonamides is 1. The highest BCUT2D eigenvalue weighted by Gasteiger charge is 2.28. The van der Waals surface area contributed by atoms with Crippen molar-refractivity contribution in [3.8, 4) is 0 Å². The molecule has 1 atom stereocenters. The van der Waals surface area contributed by atoms with E-state index in [9.17, 15) is 13.2 Å². The lowest BCUT2D eigenvalue weighted by Crippen LogP contribution is -2.38. The zero-order valence-corrected chi connectivity index (χ0v) is 18.8. The minimum absolute atomic E-state index is 0.0120. The lowest BCUT2D eigenvalue weighted by molar-refractivity contribution is 0.0934. The molecule has 0 aromatic heterocycles. The third-order valence-corrected chi connectivity index (χ3v) is 7.14. The van der Waals surface area contributed by atoms with Crippen LogP contribution in [0.4, 0.5) is 0 Å². The maximum absolute atomic E-state index is 12.8. The smallest absolute Gasteiger partial charge is 0.251 e. The molecule has 8 heteroatoms. The van der Waals surface area contributed by atoms with E-state index < -0.39 is 10.0 Å². The highest BCUT2D eigenvalue weighted by atomic mass is 35.5. The molecule has 6 nitrogen and oxygen atoms in total. The molecule has 2 N–H and O–H groups in total. The number of benzene rings is 2. The van der Waals surface area contributed by atoms with Crippen LogP contribution in [-0.4, -0.2) is 44.9 Å². The van der Waals surface area contributed by atoms with Gasteiger partial charge in [-0.1, -0.05) is 49.7 Å². The lowest BCUT2D eigenvalue weighted by atomic mass is 10.0. The van der Waals surface area contributed by atoms with Crippen LogP contribution < -0.4 is 10.0 Å². The normalized spacial score (nSPS) is 15.2. The fraction of sp³-hybridized carbons (Fsp3) is 0.409. The molecular weight excluding hydrogens is 422 g/mol. The number of nitrogens with zero attached hydrogens (tertiary/aromatic N) is 1. The van der Waals surface area contributed by atoms with Crippen molar-refractivity contribution >= 4 is 27.5 Å². The predicted molar refractivity (Wildman–Crippen MR) is 119 cm³/mol. The molecule has 3 rings (SSSR count). The van der Waals surface area contributed by atoms with Gasteiger partial charge in [0.1, 0.15) is 0 Å². The largest absolute Gasteiger partial charge is 0.350 e. The van der Waals surface area contributed by atoms with Gasteiger partial charge in [0.15, 0.2) is 0 Å². The molecule has 2 aromatic carbocycles. The third-order valence-electron chi connectivity index (χ3n) is 5.28. The SMILES string of the molecule is CCN(CC)C(CNC(=O)c1cccc(S(=O)(=O)NC2CC2)c1)c1ccccc1Cl. The summed E-state index contributed by atoms with van der Waals surface area (Å²) in [6, 6.07) is 13.7. The van der Waals surface area contributed by atoms with Gasteiger partial charge < -0.3 is 5.32 Å². The molecule has 30 heavy (non-hydrogen) atoms. The van der Waals surface area contributed by atoms with E-state index in [4.69, 9.17) is 11.6 Å². The Morgan fingerprint density at radius 1 is 1.13 bits per heavy atom. The molecule has 1 amide bonds. The van der Waals surface area contributed by atoms with Gasteiger partial charge in [-0.3, -0.25) is 9.69 Å². The highest BCUT2D eigenvalue weighted by molar-refractivity contribution is 7.89. The fourth-order valence-corrected chi connectivity index (χ4v) is 5.04. The van der Waals surface area contributed by atoms with Crippen LogP contribution >= 0.6 is 11.6 Å². The average Bonchev–Trinajstić information content (AvgIpc) is 3.55. The Morgan fingerprint density at radius 2 is 1.83 bits per heavy atom. The van der Waals surface area contributed by atoms with Gasteiger partial charge in [-0.25, -0.2) is 13.1 Å². The van der Waals surface area contributed by atoms with E-state index in [1.54, 1.807) is 12.1 Å². The summed E-state index contributed by atoms with van der Waals surface area (Å²) in [5.74, 6) is -0.317. The maximum atomic E-state index is 12.8. The van der Waals surface area contributed by atoms with Crippen LogP contribution in [0, 0.1) is 0 Å². The van der Waals surface area contributed by atoms with Crippen molar-refractivity contribution in [2.45, 2.75) is 43.7 Å². The van der Waals surface area contributed by atoms with Crippen LogP contribution in [0.5, 0.6) is 0 Å². The van der Waals surface area contributed by atoms with Gasteiger partial charge in [-0.15, -0.1) is 0 Å². The number of hydrogen-bond acceptors (Lipinski definition) is 4. The molecule has 1 unspecified atom stereocenters. The molecule has 162 valence electrons. The summed E-state index contributed by atoms with van der Waals surface area (Å²) in [6.07, 6.45) is 1.71. The van der Waals surface area contributed by atoms with E-state index in [1.807, 2.05) is 24.3 Å². The molecule has 1 aliphatic carbocycles. The van der Waals surface area contributed by atoms with E-state index in [1.165, 1.54) is 12.1 Å². The van der Waals surface area contributed by atoms with Crippen LogP contribution in [0.25, 0.3) is 0 Å². The minimum atomic E-state index is -3.61. The number of rotatable bonds is 10. The molecule has 1 aliphatic rings. The molecule has 0 saturated heterocycles. The molecule has 1 fully saturated rings. The maximum Gasteiger partial charge on any atom is 0.251 e. The van der Waals surface area contributed by atoms with E-state index in [0.29, 0.717) is 17.1 Å². The zero-order valence-electron chi connectivity index (χ0n) is 17.3. The van der Waals surface area contributed by atoms with Crippen LogP contribution in [0.3, 0.4) is 0 Å². The second-order valence-corrected chi connectivity index (χ2v) is 9.51. The van der Waals surface area contributed by atoms with Crippen molar-refractivity contribution in [1.29, 1.82) is 0 Å². The predicted octanol–water partition coefficient (Wildman–Crippen LogP) is 3.59. The molecule has 0 bridgehead atoms. The molecular formula is C22H28ClN3O3S. The number of carbonyl (C=O) groups excluding carboxylic acids is 1. The van der Waals surface area contributed by atoms with Crippen molar-refractivity contribution in [2.24, 2.45) is 0 Å². The Balaban J connectivity index is 1.75. The van der Waals surface area contributed by atoms with E-state index in [2.05, 4.69) is 28.8 Å². The van der Waals surface area contributed by atoms with Gasteiger partial charge in [0, 0.05) is 23.2 Å². The van der Waals surface area contributed by atoms with Crippen LogP contribution in [-0.2, 0) is 10.0 Å². The van der Waals surface area contributed by atoms with Crippen LogP contribution in [0.15, 0.2) is 53.4 Å². The summed E-state index contributed by atoms with van der Waals surface area (Å²) in [7, 11) is -3.61. The second kappa shape index (κ2) is 9.92. The highest BCUT2D eigenvalue weighted by Crippen LogP contribution is 2.27. The number of nitrogens with one attached hydrogen (secondary N) is 2. The molecule has 0 aliphatic heterocycles. The summed E-state index contributed by atoms with van der Waals surface area (Å²) >= 11 is 6.41. The molecule has 0 radical (unpaired) electrons. The second-order valence-electron chi connectivity index (χ2n) is 7.39. The summed E-state index contributed by atoms with van der Waals surface area (Å²) in [5.41, 5.74) is 1.26. The number of amides is 1. The molecule has 0 spiro atoms. The molecule has 1 saturated carbocycles. The average molecular weight is 450 g/mol. The summed E-state index contributed by atoms with van der Waals surface area (Å²) in [4.78, 5) is 15.1. The summed E-state index contributed by atoms with van der Waals surface area (Å²) in [5, 5.41) is 3.61. The monoisotopic (exact) mass is 449 g/mol. The lowest BCUT2D eigenvalue weighted by Gasteiger charge is -2.31. The Bertz CT molecular complexity index is 989. The van der Waals surface area contributed by atoms with Gasteiger partial charge in [-0.2, -0.15) is 0 Å². The summed E-state index contributed by atoms with van der Waals surface area (Å²) in [6.45, 7) is 6.11. The Hall–Kier alpha value is -1.93. The first kappa shape index (κ1) is 22.7. The summed E-state index contributed by atoms with van der Waals surface area (Å²) < 4.78 is 27.5. The topological polar surface area (TPSA) is 78.5 Å². The van der Waals surface area contributed by atoms with Crippen molar-refractivity contribution < 1.29 is 13.2 Å². The van der Waals surface area contributed by atoms with Crippen molar-refractivity contribution in [1.82, 2.24) is 14.9 Å². The van der Waals surface area contributed by atoms with Crippen molar-refractivity contribution in [2.75, 3.05) is 19.6 Å². The first-order valence-electron chi connectivity index (χ1n) is 10.2. The van der Waals surface area contributed by atoms with E-state index in [-0.39, 0.29) is 22.9 Å². The van der Waals surface area contributed by atoms with E-state index in [0.717, 1.165) is 31.5 Å². The molecule has 2 aromatic rings. The molecule has 0 heterocycles. The van der Waals surface area contributed by atoms with Crippen molar-refractivity contribution in [3.63, 3.8) is 0 Å². The van der Waals surface area contributed by atoms with Crippen molar-refractivity contribution in [3.05, 3.63) is 64.7 Å². The Morgan fingerprint density at radius 3 is 2.47 bits per heavy atom. The Kier molecular flexibility index (Phi) is 7.52. The first-order chi connectivity index (χ1) is 14.4. The number of halogens is 1. The zero-order chi connectivity index (χ0) is 21.7. The first-order valence-corrected chi connectivity index (χ1v) is 12.1. The van der Waals surface area contributed by atoms with Gasteiger partial charge >= 0.3 is 0 Å². The fourth-order valence-electron chi connectivity index (χ4n) is 3.43. The third kappa shape index (κ3) is 5.60. The number of likely N-dealkylation sites (N-methyl/N-ethyl adjacent to an activating group) is 1. The van der Waals surface area contributed by atoms with Gasteiger partial charge in [-0.05, 0) is 55.8 Å². The van der Waals surface area contributed by atoms with Gasteiger partial charge in [0.25, 0.3) is 5.91 Å². The van der Waals surface area contributed by atoms with Crippen LogP contribution in [0.1, 0.15) is 48.7 Å². The van der Waals surface area contributed by atoms with Gasteiger partial charge in [0.05, 0.1) is 10.9 Å². The van der Waals surface area contributed by atoms with E-state index >= 15 is 0 Å². The standard InChI is InChI=1S/C22H28ClN3O3S/c1-3-26(4-2)21(19-10-5-6-11-20(19)23)15-24-22(27)16-8-7-9-18(14-16)30(28,29)25-17-12-13-17/h5-11,14,17,21,25H,3-4,12-13,15H2,1-2H3,(H,24,27). The quantitative estimate of drug-likeness (QED) is 0.581. The minimum Gasteiger partial charge on any atom is -0.350 e. The van der Waals surface area contributed by atoms with Crippen LogP contribution in [0.2, 0.25) is 5.02 Å². The number of hydrogen-bond donors (Lipinski definition) is 2.